The van der Waals surface area contributed by atoms with Gasteiger partial charge in [-0.15, -0.1) is 21.5 Å². The third kappa shape index (κ3) is 3.15. The van der Waals surface area contributed by atoms with Crippen LogP contribution in [0.25, 0.3) is 16.0 Å². The fourth-order valence-electron chi connectivity index (χ4n) is 3.90. The largest absolute Gasteiger partial charge is 0.435 e. The van der Waals surface area contributed by atoms with Gasteiger partial charge in [0.2, 0.25) is 5.78 Å². The van der Waals surface area contributed by atoms with Crippen LogP contribution in [0.15, 0.2) is 40.5 Å². The van der Waals surface area contributed by atoms with Crippen LogP contribution in [0.5, 0.6) is 5.75 Å². The molecule has 1 atom stereocenters. The average Bonchev–Trinajstić information content (AvgIpc) is 3.46. The molecular weight excluding hydrogens is 458 g/mol. The van der Waals surface area contributed by atoms with Crippen molar-refractivity contribution in [1.82, 2.24) is 29.4 Å². The summed E-state index contributed by atoms with van der Waals surface area (Å²) in [5.74, 6) is -0.0211. The molecule has 170 valence electrons. The highest BCUT2D eigenvalue weighted by molar-refractivity contribution is 7.17. The Morgan fingerprint density at radius 2 is 1.88 bits per heavy atom. The Balaban J connectivity index is 1.49. The van der Waals surface area contributed by atoms with Gasteiger partial charge in [-0.05, 0) is 36.1 Å². The first-order valence-corrected chi connectivity index (χ1v) is 10.6. The smallest absolute Gasteiger partial charge is 0.387 e. The van der Waals surface area contributed by atoms with E-state index in [0.29, 0.717) is 21.6 Å². The minimum absolute atomic E-state index is 0.0636. The van der Waals surface area contributed by atoms with Crippen LogP contribution in [0.3, 0.4) is 0 Å². The Hall–Kier alpha value is -3.87. The van der Waals surface area contributed by atoms with Crippen LogP contribution in [0.2, 0.25) is 0 Å². The molecule has 1 fully saturated rings. The van der Waals surface area contributed by atoms with Crippen molar-refractivity contribution in [3.8, 4) is 5.75 Å². The zero-order chi connectivity index (χ0) is 23.5. The summed E-state index contributed by atoms with van der Waals surface area (Å²) >= 11 is 1.27. The summed E-state index contributed by atoms with van der Waals surface area (Å²) in [6.45, 7) is -1.63. The molecule has 5 rings (SSSR count). The molecule has 3 amide bonds. The number of rotatable bonds is 5. The van der Waals surface area contributed by atoms with Crippen molar-refractivity contribution in [2.75, 3.05) is 0 Å². The van der Waals surface area contributed by atoms with E-state index in [1.165, 1.54) is 47.1 Å². The van der Waals surface area contributed by atoms with Crippen LogP contribution in [0.4, 0.5) is 13.6 Å². The predicted octanol–water partition coefficient (Wildman–Crippen LogP) is 2.21. The molecule has 1 aromatic carbocycles. The lowest BCUT2D eigenvalue weighted by Crippen LogP contribution is -2.40. The summed E-state index contributed by atoms with van der Waals surface area (Å²) in [4.78, 5) is 39.5. The number of alkyl halides is 2. The number of nitrogens with zero attached hydrogens (tertiary/aromatic N) is 5. The van der Waals surface area contributed by atoms with Gasteiger partial charge in [0.15, 0.2) is 5.82 Å². The number of hydrogen-bond donors (Lipinski definition) is 1. The zero-order valence-electron chi connectivity index (χ0n) is 17.3. The maximum atomic E-state index is 13.3. The summed E-state index contributed by atoms with van der Waals surface area (Å²) in [6.07, 6.45) is 0. The molecule has 4 heterocycles. The number of benzene rings is 1. The second-order valence-corrected chi connectivity index (χ2v) is 8.52. The number of aryl methyl sites for hydroxylation is 1. The van der Waals surface area contributed by atoms with Gasteiger partial charge in [-0.1, -0.05) is 12.1 Å². The number of ether oxygens (including phenoxy) is 1. The van der Waals surface area contributed by atoms with Gasteiger partial charge in [-0.25, -0.2) is 4.79 Å². The van der Waals surface area contributed by atoms with Crippen LogP contribution >= 0.6 is 11.3 Å². The van der Waals surface area contributed by atoms with E-state index < -0.39 is 24.1 Å². The van der Waals surface area contributed by atoms with Gasteiger partial charge in [0.1, 0.15) is 16.0 Å². The second-order valence-electron chi connectivity index (χ2n) is 7.60. The number of hydrogen-bond acceptors (Lipinski definition) is 7. The van der Waals surface area contributed by atoms with Crippen LogP contribution in [0, 0.1) is 0 Å². The molecule has 4 aromatic rings. The van der Waals surface area contributed by atoms with E-state index in [1.54, 1.807) is 22.9 Å². The molecule has 1 aliphatic heterocycles. The number of thiophene rings is 1. The van der Waals surface area contributed by atoms with Crippen molar-refractivity contribution in [3.05, 3.63) is 57.5 Å². The van der Waals surface area contributed by atoms with E-state index in [0.717, 1.165) is 4.90 Å². The van der Waals surface area contributed by atoms with Gasteiger partial charge in [-0.3, -0.25) is 23.5 Å². The highest BCUT2D eigenvalue weighted by atomic mass is 32.1. The van der Waals surface area contributed by atoms with Crippen LogP contribution in [-0.2, 0) is 23.9 Å². The highest BCUT2D eigenvalue weighted by Crippen LogP contribution is 2.31. The lowest BCUT2D eigenvalue weighted by molar-refractivity contribution is -0.131. The van der Waals surface area contributed by atoms with Crippen LogP contribution < -0.4 is 15.6 Å². The van der Waals surface area contributed by atoms with Gasteiger partial charge < -0.3 is 10.1 Å². The minimum atomic E-state index is -2.97. The van der Waals surface area contributed by atoms with Gasteiger partial charge in [-0.2, -0.15) is 8.78 Å². The van der Waals surface area contributed by atoms with Gasteiger partial charge in [0, 0.05) is 7.05 Å². The Morgan fingerprint density at radius 1 is 1.15 bits per heavy atom. The predicted molar refractivity (Wildman–Crippen MR) is 113 cm³/mol. The third-order valence-electron chi connectivity index (χ3n) is 5.63. The molecule has 0 bridgehead atoms. The fourth-order valence-corrected chi connectivity index (χ4v) is 4.75. The van der Waals surface area contributed by atoms with Crippen molar-refractivity contribution in [3.63, 3.8) is 0 Å². The lowest BCUT2D eigenvalue weighted by Gasteiger charge is -2.22. The third-order valence-corrected chi connectivity index (χ3v) is 6.52. The van der Waals surface area contributed by atoms with Gasteiger partial charge in [0.05, 0.1) is 12.1 Å². The molecule has 33 heavy (non-hydrogen) atoms. The van der Waals surface area contributed by atoms with Crippen molar-refractivity contribution in [1.29, 1.82) is 0 Å². The number of urea groups is 1. The minimum Gasteiger partial charge on any atom is -0.435 e. The molecule has 3 aromatic heterocycles. The number of aromatic nitrogens is 4. The number of halogens is 2. The molecule has 0 spiro atoms. The van der Waals surface area contributed by atoms with Gasteiger partial charge >= 0.3 is 12.6 Å². The topological polar surface area (TPSA) is 111 Å². The molecule has 0 unspecified atom stereocenters. The van der Waals surface area contributed by atoms with Crippen molar-refractivity contribution < 1.29 is 23.1 Å². The molecular formula is C20H16F2N6O4S. The Labute approximate surface area is 188 Å². The summed E-state index contributed by atoms with van der Waals surface area (Å²) in [7, 11) is 1.57. The summed E-state index contributed by atoms with van der Waals surface area (Å²) < 4.78 is 32.6. The van der Waals surface area contributed by atoms with E-state index in [9.17, 15) is 23.2 Å². The monoisotopic (exact) mass is 474 g/mol. The Morgan fingerprint density at radius 3 is 2.58 bits per heavy atom. The Kier molecular flexibility index (Phi) is 4.67. The standard InChI is InChI=1S/C20H16F2N6O4S/c1-20(10-3-5-11(6-4-10)32-17(21)22)16(30)27(19(31)23-20)9-13-24-25-18-26(2)15(29)14-12(28(13)18)7-8-33-14/h3-8,17H,9H2,1-2H3,(H,23,31)/t20-/m1/s1. The summed E-state index contributed by atoms with van der Waals surface area (Å²) in [6, 6.07) is 6.59. The van der Waals surface area contributed by atoms with E-state index in [-0.39, 0.29) is 23.6 Å². The number of fused-ring (bicyclic) bond motifs is 3. The maximum Gasteiger partial charge on any atom is 0.387 e. The average molecular weight is 474 g/mol. The fraction of sp³-hybridized carbons (Fsp3) is 0.250. The maximum absolute atomic E-state index is 13.3. The van der Waals surface area contributed by atoms with Crippen molar-refractivity contribution in [2.45, 2.75) is 25.6 Å². The molecule has 0 aliphatic carbocycles. The SMILES string of the molecule is Cn1c(=O)c2sccc2n2c(CN3C(=O)N[C@](C)(c4ccc(OC(F)F)cc4)C3=O)nnc12. The molecule has 0 radical (unpaired) electrons. The van der Waals surface area contributed by atoms with Gasteiger partial charge in [0.25, 0.3) is 11.5 Å². The second kappa shape index (κ2) is 7.33. The highest BCUT2D eigenvalue weighted by Gasteiger charge is 2.49. The number of imide groups is 1. The normalized spacial score (nSPS) is 18.6. The van der Waals surface area contributed by atoms with Crippen LogP contribution in [-0.4, -0.2) is 42.6 Å². The summed E-state index contributed by atoms with van der Waals surface area (Å²) in [5, 5.41) is 12.6. The molecule has 1 N–H and O–H groups in total. The number of nitrogens with one attached hydrogen (secondary N) is 1. The molecule has 0 saturated carbocycles. The first kappa shape index (κ1) is 21.0. The number of carbonyl (C=O) groups excluding carboxylic acids is 2. The van der Waals surface area contributed by atoms with Crippen LogP contribution in [0.1, 0.15) is 18.3 Å². The molecule has 10 nitrogen and oxygen atoms in total. The van der Waals surface area contributed by atoms with E-state index in [1.807, 2.05) is 0 Å². The van der Waals surface area contributed by atoms with Crippen molar-refractivity contribution >= 4 is 39.3 Å². The quantitative estimate of drug-likeness (QED) is 0.444. The molecule has 13 heteroatoms. The molecule has 1 saturated heterocycles. The molecule has 1 aliphatic rings. The summed E-state index contributed by atoms with van der Waals surface area (Å²) in [5.41, 5.74) is -0.639. The first-order chi connectivity index (χ1) is 15.7. The first-order valence-electron chi connectivity index (χ1n) is 9.70. The Bertz CT molecular complexity index is 1480. The lowest BCUT2D eigenvalue weighted by atomic mass is 9.92. The van der Waals surface area contributed by atoms with Crippen molar-refractivity contribution in [2.24, 2.45) is 7.05 Å². The number of carbonyl (C=O) groups is 2. The van der Waals surface area contributed by atoms with E-state index in [2.05, 4.69) is 20.3 Å². The van der Waals surface area contributed by atoms with E-state index in [4.69, 9.17) is 0 Å². The van der Waals surface area contributed by atoms with E-state index >= 15 is 0 Å². The zero-order valence-corrected chi connectivity index (χ0v) is 18.1. The number of amides is 3.